The van der Waals surface area contributed by atoms with E-state index in [2.05, 4.69) is 20.5 Å². The van der Waals surface area contributed by atoms with E-state index < -0.39 is 0 Å². The molecule has 3 heterocycles. The highest BCUT2D eigenvalue weighted by atomic mass is 16.2. The van der Waals surface area contributed by atoms with Crippen LogP contribution in [-0.4, -0.2) is 43.2 Å². The second-order valence-electron chi connectivity index (χ2n) is 7.44. The Hall–Kier alpha value is -4.07. The van der Waals surface area contributed by atoms with Crippen molar-refractivity contribution in [2.45, 2.75) is 19.5 Å². The molecule has 8 nitrogen and oxygen atoms in total. The van der Waals surface area contributed by atoms with Gasteiger partial charge in [0.1, 0.15) is 23.3 Å². The van der Waals surface area contributed by atoms with Crippen molar-refractivity contribution < 1.29 is 9.59 Å². The van der Waals surface area contributed by atoms with E-state index in [-0.39, 0.29) is 18.4 Å². The predicted octanol–water partition coefficient (Wildman–Crippen LogP) is 2.66. The van der Waals surface area contributed by atoms with E-state index in [1.807, 2.05) is 42.5 Å². The van der Waals surface area contributed by atoms with Crippen LogP contribution in [0.3, 0.4) is 0 Å². The summed E-state index contributed by atoms with van der Waals surface area (Å²) < 4.78 is 0. The van der Waals surface area contributed by atoms with Crippen LogP contribution in [0.2, 0.25) is 0 Å². The molecule has 1 aliphatic rings. The van der Waals surface area contributed by atoms with E-state index in [4.69, 9.17) is 0 Å². The molecule has 0 aliphatic carbocycles. The van der Waals surface area contributed by atoms with Crippen molar-refractivity contribution in [1.82, 2.24) is 24.9 Å². The van der Waals surface area contributed by atoms with Crippen molar-refractivity contribution in [3.05, 3.63) is 83.7 Å². The molecule has 0 radical (unpaired) electrons. The Balaban J connectivity index is 1.28. The Morgan fingerprint density at radius 1 is 0.935 bits per heavy atom. The standard InChI is InChI=1S/C23H20N6O2/c30-22(15-29-26-19-5-1-2-6-20(19)27-29)28-12-10-16-8-9-18(13-17(16)14-28)25-23(31)21-7-3-4-11-24-21/h1-9,11,13H,10,12,14-15H2,(H,25,31). The monoisotopic (exact) mass is 412 g/mol. The van der Waals surface area contributed by atoms with Crippen LogP contribution in [0.5, 0.6) is 0 Å². The quantitative estimate of drug-likeness (QED) is 0.556. The number of carbonyl (C=O) groups excluding carboxylic acids is 2. The largest absolute Gasteiger partial charge is 0.336 e. The molecular formula is C23H20N6O2. The number of hydrogen-bond acceptors (Lipinski definition) is 5. The number of pyridine rings is 1. The zero-order valence-electron chi connectivity index (χ0n) is 16.7. The molecule has 0 fully saturated rings. The molecule has 2 aromatic heterocycles. The zero-order chi connectivity index (χ0) is 21.2. The third kappa shape index (κ3) is 4.00. The Morgan fingerprint density at radius 2 is 1.71 bits per heavy atom. The van der Waals surface area contributed by atoms with Gasteiger partial charge >= 0.3 is 0 Å². The summed E-state index contributed by atoms with van der Waals surface area (Å²) in [5.41, 5.74) is 4.79. The second-order valence-corrected chi connectivity index (χ2v) is 7.44. The molecule has 31 heavy (non-hydrogen) atoms. The number of nitrogens with zero attached hydrogens (tertiary/aromatic N) is 5. The lowest BCUT2D eigenvalue weighted by Gasteiger charge is -2.29. The van der Waals surface area contributed by atoms with Crippen LogP contribution < -0.4 is 5.32 Å². The summed E-state index contributed by atoms with van der Waals surface area (Å²) >= 11 is 0. The van der Waals surface area contributed by atoms with Gasteiger partial charge in [-0.15, -0.1) is 0 Å². The van der Waals surface area contributed by atoms with Gasteiger partial charge in [0.05, 0.1) is 0 Å². The van der Waals surface area contributed by atoms with E-state index in [0.717, 1.165) is 23.0 Å². The van der Waals surface area contributed by atoms with Crippen molar-refractivity contribution in [3.63, 3.8) is 0 Å². The molecule has 2 amide bonds. The van der Waals surface area contributed by atoms with Gasteiger partial charge in [-0.3, -0.25) is 14.6 Å². The minimum Gasteiger partial charge on any atom is -0.336 e. The number of fused-ring (bicyclic) bond motifs is 2. The van der Waals surface area contributed by atoms with Crippen LogP contribution in [0.4, 0.5) is 5.69 Å². The third-order valence-electron chi connectivity index (χ3n) is 5.33. The highest BCUT2D eigenvalue weighted by molar-refractivity contribution is 6.02. The number of amides is 2. The Labute approximate surface area is 178 Å². The fourth-order valence-electron chi connectivity index (χ4n) is 3.74. The SMILES string of the molecule is O=C(Nc1ccc2c(c1)CN(C(=O)Cn1nc3ccccc3n1)CC2)c1ccccn1. The molecule has 5 rings (SSSR count). The number of benzene rings is 2. The molecule has 0 atom stereocenters. The van der Waals surface area contributed by atoms with Gasteiger partial charge in [-0.05, 0) is 53.9 Å². The van der Waals surface area contributed by atoms with Crippen LogP contribution >= 0.6 is 0 Å². The van der Waals surface area contributed by atoms with Gasteiger partial charge in [0.25, 0.3) is 5.91 Å². The van der Waals surface area contributed by atoms with Crippen LogP contribution in [0.1, 0.15) is 21.6 Å². The first kappa shape index (κ1) is 18.9. The van der Waals surface area contributed by atoms with Crippen molar-refractivity contribution in [3.8, 4) is 0 Å². The minimum atomic E-state index is -0.263. The molecule has 1 N–H and O–H groups in total. The number of aromatic nitrogens is 4. The molecule has 0 saturated heterocycles. The van der Waals surface area contributed by atoms with E-state index in [1.54, 1.807) is 29.3 Å². The molecule has 0 spiro atoms. The average Bonchev–Trinajstić information content (AvgIpc) is 3.21. The molecule has 2 aromatic carbocycles. The van der Waals surface area contributed by atoms with E-state index in [9.17, 15) is 9.59 Å². The summed E-state index contributed by atoms with van der Waals surface area (Å²) in [6, 6.07) is 18.6. The maximum Gasteiger partial charge on any atom is 0.274 e. The number of anilines is 1. The van der Waals surface area contributed by atoms with Crippen molar-refractivity contribution in [2.24, 2.45) is 0 Å². The van der Waals surface area contributed by atoms with Crippen LogP contribution in [0, 0.1) is 0 Å². The molecule has 154 valence electrons. The smallest absolute Gasteiger partial charge is 0.274 e. The van der Waals surface area contributed by atoms with Gasteiger partial charge in [-0.2, -0.15) is 15.0 Å². The van der Waals surface area contributed by atoms with Crippen LogP contribution in [-0.2, 0) is 24.3 Å². The number of rotatable bonds is 4. The lowest BCUT2D eigenvalue weighted by atomic mass is 9.99. The fraction of sp³-hybridized carbons (Fsp3) is 0.174. The summed E-state index contributed by atoms with van der Waals surface area (Å²) in [6.45, 7) is 1.23. The second kappa shape index (κ2) is 7.98. The minimum absolute atomic E-state index is 0.0334. The van der Waals surface area contributed by atoms with E-state index in [1.165, 1.54) is 10.4 Å². The molecule has 0 saturated carbocycles. The zero-order valence-corrected chi connectivity index (χ0v) is 16.7. The Kier molecular flexibility index (Phi) is 4.87. The third-order valence-corrected chi connectivity index (χ3v) is 5.33. The van der Waals surface area contributed by atoms with Gasteiger partial charge in [0.2, 0.25) is 5.91 Å². The van der Waals surface area contributed by atoms with Gasteiger partial charge in [0.15, 0.2) is 0 Å². The van der Waals surface area contributed by atoms with E-state index in [0.29, 0.717) is 24.5 Å². The fourth-order valence-corrected chi connectivity index (χ4v) is 3.74. The van der Waals surface area contributed by atoms with Crippen molar-refractivity contribution in [1.29, 1.82) is 0 Å². The molecule has 1 aliphatic heterocycles. The predicted molar refractivity (Wildman–Crippen MR) is 115 cm³/mol. The van der Waals surface area contributed by atoms with Crippen molar-refractivity contribution >= 4 is 28.5 Å². The maximum absolute atomic E-state index is 12.8. The highest BCUT2D eigenvalue weighted by Gasteiger charge is 2.22. The van der Waals surface area contributed by atoms with Gasteiger partial charge in [0, 0.05) is 25.0 Å². The molecule has 4 aromatic rings. The summed E-state index contributed by atoms with van der Waals surface area (Å²) in [4.78, 5) is 32.6. The number of carbonyl (C=O) groups is 2. The lowest BCUT2D eigenvalue weighted by Crippen LogP contribution is -2.38. The molecular weight excluding hydrogens is 392 g/mol. The molecule has 0 unspecified atom stereocenters. The first-order valence-electron chi connectivity index (χ1n) is 10.1. The van der Waals surface area contributed by atoms with Crippen LogP contribution in [0.25, 0.3) is 11.0 Å². The normalized spacial score (nSPS) is 13.1. The number of nitrogens with one attached hydrogen (secondary N) is 1. The Morgan fingerprint density at radius 3 is 2.45 bits per heavy atom. The summed E-state index contributed by atoms with van der Waals surface area (Å²) in [7, 11) is 0. The maximum atomic E-state index is 12.8. The highest BCUT2D eigenvalue weighted by Crippen LogP contribution is 2.23. The number of hydrogen-bond donors (Lipinski definition) is 1. The van der Waals surface area contributed by atoms with Crippen molar-refractivity contribution in [2.75, 3.05) is 11.9 Å². The summed E-state index contributed by atoms with van der Waals surface area (Å²) in [6.07, 6.45) is 2.35. The first-order chi connectivity index (χ1) is 15.2. The van der Waals surface area contributed by atoms with Crippen LogP contribution in [0.15, 0.2) is 66.9 Å². The average molecular weight is 412 g/mol. The summed E-state index contributed by atoms with van der Waals surface area (Å²) in [5, 5.41) is 11.6. The van der Waals surface area contributed by atoms with Gasteiger partial charge < -0.3 is 10.2 Å². The molecule has 0 bridgehead atoms. The first-order valence-corrected chi connectivity index (χ1v) is 10.1. The summed E-state index contributed by atoms with van der Waals surface area (Å²) in [5.74, 6) is -0.296. The lowest BCUT2D eigenvalue weighted by molar-refractivity contribution is -0.133. The Bertz CT molecular complexity index is 1230. The molecule has 8 heteroatoms. The van der Waals surface area contributed by atoms with Gasteiger partial charge in [-0.25, -0.2) is 0 Å². The van der Waals surface area contributed by atoms with Gasteiger partial charge in [-0.1, -0.05) is 24.3 Å². The topological polar surface area (TPSA) is 93.0 Å². The van der Waals surface area contributed by atoms with E-state index >= 15 is 0 Å².